The smallest absolute Gasteiger partial charge is 0.227 e. The highest BCUT2D eigenvalue weighted by atomic mass is 16.5. The summed E-state index contributed by atoms with van der Waals surface area (Å²) in [6.45, 7) is 8.63. The number of rotatable bonds is 3. The molecule has 10 heteroatoms. The Hall–Kier alpha value is -3.01. The van der Waals surface area contributed by atoms with Crippen LogP contribution >= 0.6 is 0 Å². The van der Waals surface area contributed by atoms with E-state index in [0.717, 1.165) is 81.3 Å². The number of ether oxygens (including phenoxy) is 1. The van der Waals surface area contributed by atoms with Crippen molar-refractivity contribution in [2.45, 2.75) is 6.92 Å². The quantitative estimate of drug-likeness (QED) is 0.700. The predicted octanol–water partition coefficient (Wildman–Crippen LogP) is 0.615. The predicted molar refractivity (Wildman–Crippen MR) is 106 cm³/mol. The summed E-state index contributed by atoms with van der Waals surface area (Å²) in [4.78, 5) is 32.4. The monoisotopic (exact) mass is 381 g/mol. The van der Waals surface area contributed by atoms with Gasteiger partial charge in [0.1, 0.15) is 17.7 Å². The molecule has 0 unspecified atom stereocenters. The molecule has 0 atom stereocenters. The van der Waals surface area contributed by atoms with Crippen LogP contribution in [0, 0.1) is 6.92 Å². The van der Waals surface area contributed by atoms with Crippen molar-refractivity contribution in [3.8, 4) is 0 Å². The number of anilines is 3. The van der Waals surface area contributed by atoms with Gasteiger partial charge in [0.15, 0.2) is 11.5 Å². The minimum absolute atomic E-state index is 0.699. The molecule has 0 radical (unpaired) electrons. The van der Waals surface area contributed by atoms with Crippen LogP contribution < -0.4 is 14.7 Å². The van der Waals surface area contributed by atoms with E-state index in [1.165, 1.54) is 0 Å². The number of aromatic nitrogens is 6. The Labute approximate surface area is 162 Å². The molecule has 2 aliphatic rings. The second-order valence-electron chi connectivity index (χ2n) is 7.04. The van der Waals surface area contributed by atoms with Gasteiger partial charge >= 0.3 is 0 Å². The molecule has 5 rings (SSSR count). The van der Waals surface area contributed by atoms with E-state index in [1.807, 2.05) is 6.92 Å². The highest BCUT2D eigenvalue weighted by molar-refractivity contribution is 5.82. The van der Waals surface area contributed by atoms with Crippen molar-refractivity contribution in [3.05, 3.63) is 24.4 Å². The molecule has 10 nitrogen and oxygen atoms in total. The summed E-state index contributed by atoms with van der Waals surface area (Å²) in [5.41, 5.74) is 2.57. The molecular weight excluding hydrogens is 358 g/mol. The molecule has 5 heterocycles. The third-order valence-electron chi connectivity index (χ3n) is 5.23. The van der Waals surface area contributed by atoms with Crippen LogP contribution in [0.3, 0.4) is 0 Å². The van der Waals surface area contributed by atoms with Crippen LogP contribution in [-0.4, -0.2) is 82.4 Å². The van der Waals surface area contributed by atoms with E-state index < -0.39 is 0 Å². The summed E-state index contributed by atoms with van der Waals surface area (Å²) in [6.07, 6.45) is 3.23. The number of imidazole rings is 1. The molecule has 0 aliphatic carbocycles. The number of nitrogens with zero attached hydrogens (tertiary/aromatic N) is 8. The molecule has 2 fully saturated rings. The fourth-order valence-corrected chi connectivity index (χ4v) is 3.74. The van der Waals surface area contributed by atoms with Crippen molar-refractivity contribution in [1.29, 1.82) is 0 Å². The van der Waals surface area contributed by atoms with Crippen LogP contribution in [0.5, 0.6) is 0 Å². The number of nitrogens with one attached hydrogen (secondary N) is 1. The first-order valence-electron chi connectivity index (χ1n) is 9.60. The number of hydrogen-bond donors (Lipinski definition) is 1. The lowest BCUT2D eigenvalue weighted by atomic mass is 10.3. The highest BCUT2D eigenvalue weighted by Crippen LogP contribution is 2.23. The van der Waals surface area contributed by atoms with Crippen molar-refractivity contribution < 1.29 is 4.74 Å². The molecule has 0 bridgehead atoms. The van der Waals surface area contributed by atoms with Crippen molar-refractivity contribution in [2.75, 3.05) is 67.2 Å². The molecular formula is C18H23N9O. The van der Waals surface area contributed by atoms with Crippen LogP contribution in [0.1, 0.15) is 5.69 Å². The van der Waals surface area contributed by atoms with Crippen molar-refractivity contribution in [2.24, 2.45) is 0 Å². The third-order valence-corrected chi connectivity index (χ3v) is 5.23. The number of morpholine rings is 1. The maximum atomic E-state index is 5.46. The Morgan fingerprint density at radius 1 is 0.893 bits per heavy atom. The average molecular weight is 381 g/mol. The number of hydrogen-bond acceptors (Lipinski definition) is 9. The normalized spacial score (nSPS) is 18.1. The first-order chi connectivity index (χ1) is 13.8. The van der Waals surface area contributed by atoms with Gasteiger partial charge in [0.2, 0.25) is 5.95 Å². The molecule has 0 amide bonds. The Bertz CT molecular complexity index is 961. The molecule has 3 aromatic rings. The van der Waals surface area contributed by atoms with Crippen molar-refractivity contribution >= 4 is 28.7 Å². The summed E-state index contributed by atoms with van der Waals surface area (Å²) < 4.78 is 5.46. The van der Waals surface area contributed by atoms with Crippen molar-refractivity contribution in [1.82, 2.24) is 29.9 Å². The molecule has 146 valence electrons. The van der Waals surface area contributed by atoms with Gasteiger partial charge in [-0.25, -0.2) is 19.9 Å². The van der Waals surface area contributed by atoms with Gasteiger partial charge in [-0.15, -0.1) is 0 Å². The number of fused-ring (bicyclic) bond motifs is 1. The van der Waals surface area contributed by atoms with Crippen LogP contribution in [0.4, 0.5) is 17.6 Å². The highest BCUT2D eigenvalue weighted by Gasteiger charge is 2.23. The Balaban J connectivity index is 1.33. The maximum absolute atomic E-state index is 5.46. The van der Waals surface area contributed by atoms with E-state index in [-0.39, 0.29) is 0 Å². The zero-order valence-electron chi connectivity index (χ0n) is 15.9. The lowest BCUT2D eigenvalue weighted by molar-refractivity contribution is 0.122. The molecule has 0 aromatic carbocycles. The standard InChI is InChI=1S/C18H23N9O/c1-13-10-14(25-6-8-28-9-7-25)24-18(23-13)27-4-2-26(3-5-27)17-15-16(20-11-19-15)21-12-22-17/h10-12H,2-9H2,1H3,(H,19,20,21,22). The van der Waals surface area contributed by atoms with E-state index in [4.69, 9.17) is 9.72 Å². The molecule has 2 aliphatic heterocycles. The lowest BCUT2D eigenvalue weighted by Gasteiger charge is -2.36. The second-order valence-corrected chi connectivity index (χ2v) is 7.04. The Morgan fingerprint density at radius 3 is 2.50 bits per heavy atom. The largest absolute Gasteiger partial charge is 0.378 e. The summed E-state index contributed by atoms with van der Waals surface area (Å²) in [6, 6.07) is 2.06. The van der Waals surface area contributed by atoms with Gasteiger partial charge in [0.05, 0.1) is 19.5 Å². The number of piperazine rings is 1. The van der Waals surface area contributed by atoms with Gasteiger partial charge in [-0.2, -0.15) is 4.98 Å². The molecule has 2 saturated heterocycles. The van der Waals surface area contributed by atoms with Gasteiger partial charge < -0.3 is 24.4 Å². The number of aryl methyl sites for hydroxylation is 1. The van der Waals surface area contributed by atoms with E-state index in [0.29, 0.717) is 5.65 Å². The molecule has 0 saturated carbocycles. The van der Waals surface area contributed by atoms with Crippen molar-refractivity contribution in [3.63, 3.8) is 0 Å². The molecule has 28 heavy (non-hydrogen) atoms. The Kier molecular flexibility index (Phi) is 4.40. The maximum Gasteiger partial charge on any atom is 0.227 e. The zero-order valence-corrected chi connectivity index (χ0v) is 15.9. The van der Waals surface area contributed by atoms with E-state index >= 15 is 0 Å². The summed E-state index contributed by atoms with van der Waals surface area (Å²) >= 11 is 0. The van der Waals surface area contributed by atoms with Gasteiger partial charge in [-0.3, -0.25) is 0 Å². The van der Waals surface area contributed by atoms with Gasteiger partial charge in [0.25, 0.3) is 0 Å². The fourth-order valence-electron chi connectivity index (χ4n) is 3.74. The average Bonchev–Trinajstić information content (AvgIpc) is 3.23. The first kappa shape index (κ1) is 17.1. The zero-order chi connectivity index (χ0) is 18.9. The lowest BCUT2D eigenvalue weighted by Crippen LogP contribution is -2.47. The fraction of sp³-hybridized carbons (Fsp3) is 0.500. The van der Waals surface area contributed by atoms with Gasteiger partial charge in [-0.05, 0) is 6.92 Å². The molecule has 0 spiro atoms. The SMILES string of the molecule is Cc1cc(N2CCOCC2)nc(N2CCN(c3ncnc4nc[nH]c34)CC2)n1. The van der Waals surface area contributed by atoms with Gasteiger partial charge in [-0.1, -0.05) is 0 Å². The minimum Gasteiger partial charge on any atom is -0.378 e. The second kappa shape index (κ2) is 7.19. The Morgan fingerprint density at radius 2 is 1.68 bits per heavy atom. The molecule has 3 aromatic heterocycles. The van der Waals surface area contributed by atoms with Crippen LogP contribution in [-0.2, 0) is 4.74 Å². The topological polar surface area (TPSA) is 99.2 Å². The number of H-pyrrole nitrogens is 1. The summed E-state index contributed by atoms with van der Waals surface area (Å²) in [7, 11) is 0. The van der Waals surface area contributed by atoms with Crippen LogP contribution in [0.2, 0.25) is 0 Å². The minimum atomic E-state index is 0.699. The van der Waals surface area contributed by atoms with Gasteiger partial charge in [0, 0.05) is 51.0 Å². The number of aromatic amines is 1. The first-order valence-corrected chi connectivity index (χ1v) is 9.60. The third kappa shape index (κ3) is 3.19. The van der Waals surface area contributed by atoms with E-state index in [2.05, 4.69) is 45.7 Å². The van der Waals surface area contributed by atoms with Crippen LogP contribution in [0.25, 0.3) is 11.2 Å². The van der Waals surface area contributed by atoms with E-state index in [1.54, 1.807) is 12.7 Å². The summed E-state index contributed by atoms with van der Waals surface area (Å²) in [5.74, 6) is 2.69. The van der Waals surface area contributed by atoms with E-state index in [9.17, 15) is 0 Å². The summed E-state index contributed by atoms with van der Waals surface area (Å²) in [5, 5.41) is 0. The van der Waals surface area contributed by atoms with Crippen LogP contribution in [0.15, 0.2) is 18.7 Å². The molecule has 1 N–H and O–H groups in total.